The maximum absolute atomic E-state index is 12.2. The number of ether oxygens (including phenoxy) is 1. The molecule has 0 radical (unpaired) electrons. The van der Waals surface area contributed by atoms with E-state index in [-0.39, 0.29) is 5.69 Å². The van der Waals surface area contributed by atoms with Crippen LogP contribution in [0.1, 0.15) is 32.9 Å². The Labute approximate surface area is 116 Å². The Morgan fingerprint density at radius 3 is 2.80 bits per heavy atom. The molecule has 2 rings (SSSR count). The molecule has 0 fully saturated rings. The van der Waals surface area contributed by atoms with Gasteiger partial charge in [-0.3, -0.25) is 20.0 Å². The lowest BCUT2D eigenvalue weighted by molar-refractivity contribution is -0.385. The van der Waals surface area contributed by atoms with Crippen molar-refractivity contribution in [3.05, 3.63) is 28.1 Å². The number of hydrogen-bond acceptors (Lipinski definition) is 5. The molecule has 108 valence electrons. The molecule has 1 aromatic rings. The van der Waals surface area contributed by atoms with Gasteiger partial charge in [-0.2, -0.15) is 0 Å². The molecule has 20 heavy (non-hydrogen) atoms. The lowest BCUT2D eigenvalue weighted by Gasteiger charge is -2.30. The first-order valence-corrected chi connectivity index (χ1v) is 6.42. The third-order valence-corrected chi connectivity index (χ3v) is 2.84. The number of anilines is 1. The van der Waals surface area contributed by atoms with E-state index >= 15 is 0 Å². The highest BCUT2D eigenvalue weighted by atomic mass is 16.6. The van der Waals surface area contributed by atoms with Gasteiger partial charge in [0.25, 0.3) is 5.69 Å². The van der Waals surface area contributed by atoms with Crippen molar-refractivity contribution in [3.63, 3.8) is 0 Å². The molecule has 0 atom stereocenters. The molecule has 0 saturated carbocycles. The van der Waals surface area contributed by atoms with Gasteiger partial charge >= 0.3 is 6.09 Å². The van der Waals surface area contributed by atoms with E-state index in [1.807, 2.05) is 0 Å². The van der Waals surface area contributed by atoms with Gasteiger partial charge in [0, 0.05) is 12.6 Å². The number of carbonyl (C=O) groups excluding carboxylic acids is 1. The summed E-state index contributed by atoms with van der Waals surface area (Å²) in [7, 11) is 0. The van der Waals surface area contributed by atoms with E-state index < -0.39 is 16.6 Å². The van der Waals surface area contributed by atoms with E-state index in [1.165, 1.54) is 17.2 Å². The molecule has 1 amide bonds. The number of amides is 1. The number of hydrogen-bond donors (Lipinski definition) is 0. The van der Waals surface area contributed by atoms with Crippen LogP contribution in [-0.4, -0.2) is 28.1 Å². The molecular weight excluding hydrogens is 262 g/mol. The van der Waals surface area contributed by atoms with Crippen molar-refractivity contribution in [2.24, 2.45) is 0 Å². The minimum Gasteiger partial charge on any atom is -0.443 e. The summed E-state index contributed by atoms with van der Waals surface area (Å²) >= 11 is 0. The molecule has 0 spiro atoms. The Balaban J connectivity index is 2.33. The maximum Gasteiger partial charge on any atom is 0.414 e. The zero-order chi connectivity index (χ0) is 14.9. The molecule has 0 unspecified atom stereocenters. The molecule has 0 N–H and O–H groups in total. The number of aryl methyl sites for hydroxylation is 1. The summed E-state index contributed by atoms with van der Waals surface area (Å²) in [4.78, 5) is 28.0. The highest BCUT2D eigenvalue weighted by molar-refractivity contribution is 5.89. The standard InChI is InChI=1S/C13H17N3O4/c1-13(2,3)20-12(17)15-6-4-5-10-11(15)7-9(8-14-10)16(18)19/h7-8H,4-6H2,1-3H3. The van der Waals surface area contributed by atoms with Crippen molar-refractivity contribution in [2.45, 2.75) is 39.2 Å². The van der Waals surface area contributed by atoms with Crippen LogP contribution in [0.3, 0.4) is 0 Å². The zero-order valence-corrected chi connectivity index (χ0v) is 11.8. The summed E-state index contributed by atoms with van der Waals surface area (Å²) in [5.74, 6) is 0. The summed E-state index contributed by atoms with van der Waals surface area (Å²) in [5.41, 5.74) is 0.426. The van der Waals surface area contributed by atoms with Crippen LogP contribution in [0.4, 0.5) is 16.2 Å². The van der Waals surface area contributed by atoms with Crippen LogP contribution in [0, 0.1) is 10.1 Å². The van der Waals surface area contributed by atoms with Gasteiger partial charge in [0.15, 0.2) is 0 Å². The summed E-state index contributed by atoms with van der Waals surface area (Å²) in [6.07, 6.45) is 2.18. The molecule has 1 aromatic heterocycles. The van der Waals surface area contributed by atoms with E-state index in [1.54, 1.807) is 20.8 Å². The molecule has 1 aliphatic rings. The first-order chi connectivity index (χ1) is 9.28. The van der Waals surface area contributed by atoms with E-state index in [4.69, 9.17) is 4.74 Å². The van der Waals surface area contributed by atoms with E-state index in [9.17, 15) is 14.9 Å². The predicted molar refractivity (Wildman–Crippen MR) is 72.8 cm³/mol. The number of aromatic nitrogens is 1. The summed E-state index contributed by atoms with van der Waals surface area (Å²) in [5, 5.41) is 10.8. The van der Waals surface area contributed by atoms with Crippen LogP contribution in [0.5, 0.6) is 0 Å². The first-order valence-electron chi connectivity index (χ1n) is 6.42. The topological polar surface area (TPSA) is 85.6 Å². The fraction of sp³-hybridized carbons (Fsp3) is 0.538. The SMILES string of the molecule is CC(C)(C)OC(=O)N1CCCc2ncc([N+](=O)[O-])cc21. The van der Waals surface area contributed by atoms with Gasteiger partial charge in [0.05, 0.1) is 16.3 Å². The second kappa shape index (κ2) is 5.07. The van der Waals surface area contributed by atoms with Crippen LogP contribution < -0.4 is 4.90 Å². The number of rotatable bonds is 1. The van der Waals surface area contributed by atoms with Gasteiger partial charge in [-0.25, -0.2) is 4.79 Å². The average Bonchev–Trinajstić information content (AvgIpc) is 2.35. The largest absolute Gasteiger partial charge is 0.443 e. The smallest absolute Gasteiger partial charge is 0.414 e. The fourth-order valence-electron chi connectivity index (χ4n) is 2.03. The Morgan fingerprint density at radius 1 is 1.50 bits per heavy atom. The summed E-state index contributed by atoms with van der Waals surface area (Å²) in [6, 6.07) is 1.38. The van der Waals surface area contributed by atoms with Gasteiger partial charge in [0.1, 0.15) is 11.8 Å². The van der Waals surface area contributed by atoms with Crippen molar-refractivity contribution in [1.29, 1.82) is 0 Å². The summed E-state index contributed by atoms with van der Waals surface area (Å²) in [6.45, 7) is 5.81. The van der Waals surface area contributed by atoms with E-state index in [0.29, 0.717) is 24.3 Å². The zero-order valence-electron chi connectivity index (χ0n) is 11.8. The minimum atomic E-state index is -0.608. The van der Waals surface area contributed by atoms with Gasteiger partial charge in [0.2, 0.25) is 0 Å². The molecule has 7 nitrogen and oxygen atoms in total. The predicted octanol–water partition coefficient (Wildman–Crippen LogP) is 2.68. The van der Waals surface area contributed by atoms with Crippen LogP contribution >= 0.6 is 0 Å². The lowest BCUT2D eigenvalue weighted by Crippen LogP contribution is -2.40. The Kier molecular flexibility index (Phi) is 3.61. The quantitative estimate of drug-likeness (QED) is 0.582. The highest BCUT2D eigenvalue weighted by Crippen LogP contribution is 2.30. The molecule has 0 aromatic carbocycles. The Morgan fingerprint density at radius 2 is 2.20 bits per heavy atom. The lowest BCUT2D eigenvalue weighted by atomic mass is 10.1. The van der Waals surface area contributed by atoms with Crippen molar-refractivity contribution in [3.8, 4) is 0 Å². The van der Waals surface area contributed by atoms with E-state index in [0.717, 1.165) is 6.42 Å². The molecule has 0 saturated heterocycles. The van der Waals surface area contributed by atoms with Crippen molar-refractivity contribution >= 4 is 17.5 Å². The Hall–Kier alpha value is -2.18. The monoisotopic (exact) mass is 279 g/mol. The van der Waals surface area contributed by atoms with Crippen LogP contribution in [0.25, 0.3) is 0 Å². The maximum atomic E-state index is 12.2. The van der Waals surface area contributed by atoms with Crippen LogP contribution in [-0.2, 0) is 11.2 Å². The van der Waals surface area contributed by atoms with Crippen molar-refractivity contribution in [1.82, 2.24) is 4.98 Å². The third-order valence-electron chi connectivity index (χ3n) is 2.84. The van der Waals surface area contributed by atoms with Crippen LogP contribution in [0.15, 0.2) is 12.3 Å². The van der Waals surface area contributed by atoms with Crippen molar-refractivity contribution in [2.75, 3.05) is 11.4 Å². The average molecular weight is 279 g/mol. The van der Waals surface area contributed by atoms with Crippen molar-refractivity contribution < 1.29 is 14.5 Å². The molecular formula is C13H17N3O4. The molecule has 1 aliphatic heterocycles. The van der Waals surface area contributed by atoms with Gasteiger partial charge in [-0.15, -0.1) is 0 Å². The highest BCUT2D eigenvalue weighted by Gasteiger charge is 2.29. The van der Waals surface area contributed by atoms with Gasteiger partial charge in [-0.05, 0) is 33.6 Å². The number of nitrogens with zero attached hydrogens (tertiary/aromatic N) is 3. The minimum absolute atomic E-state index is 0.126. The summed E-state index contributed by atoms with van der Waals surface area (Å²) < 4.78 is 5.32. The van der Waals surface area contributed by atoms with Crippen LogP contribution in [0.2, 0.25) is 0 Å². The second-order valence-corrected chi connectivity index (χ2v) is 5.65. The fourth-order valence-corrected chi connectivity index (χ4v) is 2.03. The Bertz CT molecular complexity index is 551. The number of pyridine rings is 1. The molecule has 0 bridgehead atoms. The second-order valence-electron chi connectivity index (χ2n) is 5.65. The van der Waals surface area contributed by atoms with E-state index in [2.05, 4.69) is 4.98 Å². The number of carbonyl (C=O) groups is 1. The first kappa shape index (κ1) is 14.2. The normalized spacial score (nSPS) is 14.7. The third kappa shape index (κ3) is 3.04. The van der Waals surface area contributed by atoms with Gasteiger partial charge in [-0.1, -0.05) is 0 Å². The van der Waals surface area contributed by atoms with Gasteiger partial charge < -0.3 is 4.74 Å². The molecule has 0 aliphatic carbocycles. The number of fused-ring (bicyclic) bond motifs is 1. The molecule has 7 heteroatoms. The molecule has 2 heterocycles. The number of nitro groups is 1.